The van der Waals surface area contributed by atoms with Crippen molar-refractivity contribution in [2.45, 2.75) is 5.41 Å². The summed E-state index contributed by atoms with van der Waals surface area (Å²) in [4.78, 5) is 10.6. The maximum absolute atomic E-state index is 6.57. The minimum Gasteiger partial charge on any atom is -0.457 e. The van der Waals surface area contributed by atoms with Crippen molar-refractivity contribution in [2.24, 2.45) is 0 Å². The maximum Gasteiger partial charge on any atom is 0.160 e. The van der Waals surface area contributed by atoms with Crippen molar-refractivity contribution < 1.29 is 4.74 Å². The number of rotatable bonds is 5. The SMILES string of the molecule is c1ccc(-c2cccc(-c3nc(-c4cccc(-c5ccc(-c6ccc7c(c6)C6(c8ccccc8Oc8ccccc86)c6ccccc6-7)cc5)c4)c4sc5ccccc5c4n3)c2)cc1. The number of fused-ring (bicyclic) bond motifs is 12. The molecule has 0 saturated heterocycles. The van der Waals surface area contributed by atoms with Crippen molar-refractivity contribution in [1.29, 1.82) is 0 Å². The van der Waals surface area contributed by atoms with E-state index in [1.54, 1.807) is 11.3 Å². The van der Waals surface area contributed by atoms with Gasteiger partial charge in [-0.15, -0.1) is 11.3 Å². The Morgan fingerprint density at radius 1 is 0.365 bits per heavy atom. The lowest BCUT2D eigenvalue weighted by Gasteiger charge is -2.39. The van der Waals surface area contributed by atoms with E-state index in [0.29, 0.717) is 0 Å². The average molecular weight is 821 g/mol. The van der Waals surface area contributed by atoms with Crippen molar-refractivity contribution in [1.82, 2.24) is 9.97 Å². The molecule has 0 radical (unpaired) electrons. The van der Waals surface area contributed by atoms with E-state index in [-0.39, 0.29) is 0 Å². The molecule has 1 spiro atoms. The Balaban J connectivity index is 0.903. The van der Waals surface area contributed by atoms with E-state index in [2.05, 4.69) is 218 Å². The summed E-state index contributed by atoms with van der Waals surface area (Å²) in [5.41, 5.74) is 17.9. The number of ether oxygens (including phenoxy) is 1. The molecule has 63 heavy (non-hydrogen) atoms. The minimum absolute atomic E-state index is 0.501. The number of thiophene rings is 1. The summed E-state index contributed by atoms with van der Waals surface area (Å²) in [6.45, 7) is 0. The quantitative estimate of drug-likeness (QED) is 0.173. The lowest BCUT2D eigenvalue weighted by atomic mass is 9.66. The Kier molecular flexibility index (Phi) is 7.99. The van der Waals surface area contributed by atoms with Crippen molar-refractivity contribution in [3.8, 4) is 78.7 Å². The van der Waals surface area contributed by atoms with Gasteiger partial charge in [0.15, 0.2) is 5.82 Å². The molecule has 3 nitrogen and oxygen atoms in total. The molecule has 294 valence electrons. The summed E-state index contributed by atoms with van der Waals surface area (Å²) < 4.78 is 8.88. The van der Waals surface area contributed by atoms with E-state index >= 15 is 0 Å². The van der Waals surface area contributed by atoms with Crippen LogP contribution in [0.3, 0.4) is 0 Å². The third-order valence-electron chi connectivity index (χ3n) is 13.0. The summed E-state index contributed by atoms with van der Waals surface area (Å²) >= 11 is 1.76. The molecule has 0 N–H and O–H groups in total. The molecular formula is C59H36N2OS. The molecular weight excluding hydrogens is 785 g/mol. The first kappa shape index (κ1) is 35.8. The second-order valence-corrected chi connectivity index (χ2v) is 17.5. The first-order valence-corrected chi connectivity index (χ1v) is 22.2. The van der Waals surface area contributed by atoms with Crippen LogP contribution >= 0.6 is 11.3 Å². The van der Waals surface area contributed by atoms with Crippen LogP contribution in [0.25, 0.3) is 87.5 Å². The largest absolute Gasteiger partial charge is 0.457 e. The van der Waals surface area contributed by atoms with Gasteiger partial charge >= 0.3 is 0 Å². The molecule has 0 amide bonds. The molecule has 2 aromatic heterocycles. The number of aromatic nitrogens is 2. The Morgan fingerprint density at radius 3 is 1.63 bits per heavy atom. The van der Waals surface area contributed by atoms with E-state index in [0.717, 1.165) is 66.4 Å². The summed E-state index contributed by atoms with van der Waals surface area (Å²) in [6.07, 6.45) is 0. The molecule has 0 unspecified atom stereocenters. The van der Waals surface area contributed by atoms with E-state index in [4.69, 9.17) is 14.7 Å². The molecule has 3 heterocycles. The number of nitrogens with zero attached hydrogens (tertiary/aromatic N) is 2. The highest BCUT2D eigenvalue weighted by Gasteiger charge is 2.51. The zero-order chi connectivity index (χ0) is 41.5. The van der Waals surface area contributed by atoms with Gasteiger partial charge in [0.25, 0.3) is 0 Å². The molecule has 4 heteroatoms. The third kappa shape index (κ3) is 5.52. The monoisotopic (exact) mass is 820 g/mol. The fourth-order valence-corrected chi connectivity index (χ4v) is 11.3. The van der Waals surface area contributed by atoms with Crippen LogP contribution in [0, 0.1) is 0 Å². The summed E-state index contributed by atoms with van der Waals surface area (Å²) in [7, 11) is 0. The normalized spacial score (nSPS) is 13.0. The Bertz CT molecular complexity index is 3560. The van der Waals surface area contributed by atoms with E-state index < -0.39 is 5.41 Å². The van der Waals surface area contributed by atoms with Crippen molar-refractivity contribution in [3.63, 3.8) is 0 Å². The van der Waals surface area contributed by atoms with Crippen LogP contribution in [0.5, 0.6) is 11.5 Å². The molecule has 2 aliphatic rings. The van der Waals surface area contributed by atoms with Gasteiger partial charge < -0.3 is 4.74 Å². The van der Waals surface area contributed by atoms with Gasteiger partial charge in [-0.1, -0.05) is 182 Å². The van der Waals surface area contributed by atoms with Crippen LogP contribution in [0.4, 0.5) is 0 Å². The van der Waals surface area contributed by atoms with Crippen LogP contribution in [-0.2, 0) is 5.41 Å². The highest BCUT2D eigenvalue weighted by Crippen LogP contribution is 2.62. The van der Waals surface area contributed by atoms with Gasteiger partial charge in [0.1, 0.15) is 11.5 Å². The van der Waals surface area contributed by atoms with Crippen molar-refractivity contribution in [2.75, 3.05) is 0 Å². The fraction of sp³-hybridized carbons (Fsp3) is 0.0169. The number of hydrogen-bond acceptors (Lipinski definition) is 4. The number of para-hydroxylation sites is 2. The van der Waals surface area contributed by atoms with Gasteiger partial charge in [0, 0.05) is 32.3 Å². The Hall–Kier alpha value is -7.92. The molecule has 0 bridgehead atoms. The van der Waals surface area contributed by atoms with Crippen LogP contribution in [0.15, 0.2) is 218 Å². The smallest absolute Gasteiger partial charge is 0.160 e. The predicted octanol–water partition coefficient (Wildman–Crippen LogP) is 15.6. The summed E-state index contributed by atoms with van der Waals surface area (Å²) in [6, 6.07) is 78.4. The lowest BCUT2D eigenvalue weighted by Crippen LogP contribution is -2.32. The molecule has 0 atom stereocenters. The Morgan fingerprint density at radius 2 is 0.889 bits per heavy atom. The van der Waals surface area contributed by atoms with Crippen LogP contribution in [0.2, 0.25) is 0 Å². The molecule has 11 aromatic rings. The van der Waals surface area contributed by atoms with E-state index in [1.807, 2.05) is 0 Å². The van der Waals surface area contributed by atoms with Crippen LogP contribution < -0.4 is 4.74 Å². The minimum atomic E-state index is -0.501. The highest BCUT2D eigenvalue weighted by atomic mass is 32.1. The molecule has 9 aromatic carbocycles. The van der Waals surface area contributed by atoms with Gasteiger partial charge in [-0.05, 0) is 92.0 Å². The zero-order valence-corrected chi connectivity index (χ0v) is 34.8. The first-order chi connectivity index (χ1) is 31.2. The summed E-state index contributed by atoms with van der Waals surface area (Å²) in [5, 5.41) is 1.15. The van der Waals surface area contributed by atoms with Crippen molar-refractivity contribution >= 4 is 31.6 Å². The third-order valence-corrected chi connectivity index (χ3v) is 14.1. The average Bonchev–Trinajstić information content (AvgIpc) is 3.88. The number of hydrogen-bond donors (Lipinski definition) is 0. The topological polar surface area (TPSA) is 35.0 Å². The van der Waals surface area contributed by atoms with Gasteiger partial charge in [-0.25, -0.2) is 9.97 Å². The molecule has 13 rings (SSSR count). The zero-order valence-electron chi connectivity index (χ0n) is 34.0. The highest BCUT2D eigenvalue weighted by molar-refractivity contribution is 7.26. The van der Waals surface area contributed by atoms with Crippen LogP contribution in [0.1, 0.15) is 22.3 Å². The fourth-order valence-electron chi connectivity index (χ4n) is 10.1. The van der Waals surface area contributed by atoms with Gasteiger partial charge in [-0.3, -0.25) is 0 Å². The first-order valence-electron chi connectivity index (χ1n) is 21.4. The van der Waals surface area contributed by atoms with Gasteiger partial charge in [0.2, 0.25) is 0 Å². The standard InChI is InChI=1S/C59H36N2OS/c1-2-14-37(15-3-1)41-17-13-19-44(35-41)58-60-55(57-56(61-58)47-21-5-11-27-54(47)63-57)43-18-12-16-40(34-43)38-28-30-39(31-29-38)42-32-33-46-45-20-4-6-22-48(45)59(51(46)36-42)49-23-7-9-25-52(49)62-53-26-10-8-24-50(53)59/h1-36H. The van der Waals surface area contributed by atoms with E-state index in [1.165, 1.54) is 54.8 Å². The van der Waals surface area contributed by atoms with Gasteiger partial charge in [0.05, 0.1) is 21.3 Å². The van der Waals surface area contributed by atoms with Gasteiger partial charge in [-0.2, -0.15) is 0 Å². The maximum atomic E-state index is 6.57. The van der Waals surface area contributed by atoms with Crippen molar-refractivity contribution in [3.05, 3.63) is 241 Å². The predicted molar refractivity (Wildman–Crippen MR) is 259 cm³/mol. The second kappa shape index (κ2) is 14.1. The molecule has 0 saturated carbocycles. The molecule has 1 aliphatic carbocycles. The van der Waals surface area contributed by atoms with E-state index in [9.17, 15) is 0 Å². The van der Waals surface area contributed by atoms with Crippen LogP contribution in [-0.4, -0.2) is 9.97 Å². The molecule has 1 aliphatic heterocycles. The summed E-state index contributed by atoms with van der Waals surface area (Å²) in [5.74, 6) is 2.53. The number of benzene rings is 9. The lowest BCUT2D eigenvalue weighted by molar-refractivity contribution is 0.436. The second-order valence-electron chi connectivity index (χ2n) is 16.4. The Labute approximate surface area is 369 Å². The molecule has 0 fully saturated rings.